The second-order valence-corrected chi connectivity index (χ2v) is 3.69. The minimum absolute atomic E-state index is 0.755. The van der Waals surface area contributed by atoms with Crippen LogP contribution in [0.2, 0.25) is 0 Å². The summed E-state index contributed by atoms with van der Waals surface area (Å²) in [6, 6.07) is 10.6. The number of hydrogen-bond donors (Lipinski definition) is 3. The molecule has 0 saturated carbocycles. The lowest BCUT2D eigenvalue weighted by Crippen LogP contribution is -2.22. The molecule has 1 atom stereocenters. The van der Waals surface area contributed by atoms with Gasteiger partial charge >= 0.3 is 11.9 Å². The SMILES string of the molecule is CCCc1ccccc1.O=C(O)CC(O)C(=O)O. The Kier molecular flexibility index (Phi) is 8.22. The zero-order valence-electron chi connectivity index (χ0n) is 10.2. The molecule has 0 bridgehead atoms. The Morgan fingerprint density at radius 2 is 1.72 bits per heavy atom. The first-order chi connectivity index (χ1) is 8.47. The predicted octanol–water partition coefficient (Wildman–Crippen LogP) is 1.55. The molecule has 18 heavy (non-hydrogen) atoms. The van der Waals surface area contributed by atoms with Gasteiger partial charge in [0.15, 0.2) is 6.10 Å². The van der Waals surface area contributed by atoms with Gasteiger partial charge in [0, 0.05) is 0 Å². The van der Waals surface area contributed by atoms with Crippen LogP contribution in [0.3, 0.4) is 0 Å². The van der Waals surface area contributed by atoms with E-state index in [0.717, 1.165) is 0 Å². The monoisotopic (exact) mass is 254 g/mol. The molecule has 0 aliphatic heterocycles. The third-order valence-electron chi connectivity index (χ3n) is 2.03. The van der Waals surface area contributed by atoms with E-state index in [1.165, 1.54) is 18.4 Å². The number of carboxylic acid groups (broad SMARTS) is 2. The number of carboxylic acids is 2. The molecule has 0 fully saturated rings. The van der Waals surface area contributed by atoms with Crippen molar-refractivity contribution in [1.29, 1.82) is 0 Å². The van der Waals surface area contributed by atoms with E-state index in [-0.39, 0.29) is 0 Å². The van der Waals surface area contributed by atoms with E-state index in [4.69, 9.17) is 15.3 Å². The number of benzene rings is 1. The van der Waals surface area contributed by atoms with Crippen LogP contribution in [-0.4, -0.2) is 33.4 Å². The van der Waals surface area contributed by atoms with Crippen LogP contribution in [-0.2, 0) is 16.0 Å². The first kappa shape index (κ1) is 16.1. The van der Waals surface area contributed by atoms with E-state index < -0.39 is 24.5 Å². The Morgan fingerprint density at radius 3 is 2.06 bits per heavy atom. The quantitative estimate of drug-likeness (QED) is 0.741. The lowest BCUT2D eigenvalue weighted by atomic mass is 10.1. The fraction of sp³-hybridized carbons (Fsp3) is 0.385. The van der Waals surface area contributed by atoms with Crippen molar-refractivity contribution in [1.82, 2.24) is 0 Å². The van der Waals surface area contributed by atoms with Crippen molar-refractivity contribution in [3.8, 4) is 0 Å². The summed E-state index contributed by atoms with van der Waals surface area (Å²) < 4.78 is 0. The molecular formula is C13H18O5. The second-order valence-electron chi connectivity index (χ2n) is 3.69. The van der Waals surface area contributed by atoms with Crippen molar-refractivity contribution in [2.75, 3.05) is 0 Å². The minimum Gasteiger partial charge on any atom is -0.481 e. The molecule has 1 aromatic rings. The molecule has 3 N–H and O–H groups in total. The first-order valence-corrected chi connectivity index (χ1v) is 5.64. The van der Waals surface area contributed by atoms with Crippen molar-refractivity contribution < 1.29 is 24.9 Å². The van der Waals surface area contributed by atoms with Gasteiger partial charge in [-0.15, -0.1) is 0 Å². The van der Waals surface area contributed by atoms with Gasteiger partial charge in [-0.25, -0.2) is 4.79 Å². The van der Waals surface area contributed by atoms with Crippen molar-refractivity contribution in [3.63, 3.8) is 0 Å². The summed E-state index contributed by atoms with van der Waals surface area (Å²) in [5, 5.41) is 24.1. The maximum Gasteiger partial charge on any atom is 0.333 e. The first-order valence-electron chi connectivity index (χ1n) is 5.64. The molecule has 0 aliphatic rings. The van der Waals surface area contributed by atoms with Crippen LogP contribution in [0.4, 0.5) is 0 Å². The second kappa shape index (κ2) is 9.18. The van der Waals surface area contributed by atoms with Crippen LogP contribution in [0.25, 0.3) is 0 Å². The third kappa shape index (κ3) is 8.29. The summed E-state index contributed by atoms with van der Waals surface area (Å²) in [7, 11) is 0. The van der Waals surface area contributed by atoms with Gasteiger partial charge in [0.05, 0.1) is 6.42 Å². The molecule has 0 saturated heterocycles. The summed E-state index contributed by atoms with van der Waals surface area (Å²) in [5.41, 5.74) is 1.44. The number of aryl methyl sites for hydroxylation is 1. The molecule has 5 heteroatoms. The van der Waals surface area contributed by atoms with Crippen molar-refractivity contribution in [2.24, 2.45) is 0 Å². The summed E-state index contributed by atoms with van der Waals surface area (Å²) in [6.07, 6.45) is -0.0947. The maximum atomic E-state index is 9.72. The lowest BCUT2D eigenvalue weighted by molar-refractivity contribution is -0.152. The number of aliphatic hydroxyl groups excluding tert-OH is 1. The standard InChI is InChI=1S/C9H12.C4H6O5/c1-2-6-9-7-4-3-5-8-9;5-2(4(8)9)1-3(6)7/h3-5,7-8H,2,6H2,1H3;2,5H,1H2,(H,6,7)(H,8,9). The highest BCUT2D eigenvalue weighted by atomic mass is 16.4. The summed E-state index contributed by atoms with van der Waals surface area (Å²) >= 11 is 0. The number of rotatable bonds is 5. The number of aliphatic carboxylic acids is 2. The van der Waals surface area contributed by atoms with E-state index in [2.05, 4.69) is 37.3 Å². The van der Waals surface area contributed by atoms with Gasteiger partial charge in [0.2, 0.25) is 0 Å². The van der Waals surface area contributed by atoms with Gasteiger partial charge in [-0.1, -0.05) is 43.7 Å². The van der Waals surface area contributed by atoms with Crippen molar-refractivity contribution in [2.45, 2.75) is 32.3 Å². The van der Waals surface area contributed by atoms with Crippen LogP contribution >= 0.6 is 0 Å². The topological polar surface area (TPSA) is 94.8 Å². The Morgan fingerprint density at radius 1 is 1.17 bits per heavy atom. The Hall–Kier alpha value is -1.88. The number of carbonyl (C=O) groups is 2. The summed E-state index contributed by atoms with van der Waals surface area (Å²) in [4.78, 5) is 19.4. The smallest absolute Gasteiger partial charge is 0.333 e. The minimum atomic E-state index is -1.79. The van der Waals surface area contributed by atoms with Crippen LogP contribution < -0.4 is 0 Å². The van der Waals surface area contributed by atoms with Gasteiger partial charge < -0.3 is 15.3 Å². The fourth-order valence-electron chi connectivity index (χ4n) is 1.19. The molecule has 5 nitrogen and oxygen atoms in total. The summed E-state index contributed by atoms with van der Waals surface area (Å²) in [6.45, 7) is 2.20. The average molecular weight is 254 g/mol. The van der Waals surface area contributed by atoms with Crippen LogP contribution in [0.15, 0.2) is 30.3 Å². The largest absolute Gasteiger partial charge is 0.481 e. The molecule has 0 aliphatic carbocycles. The Balaban J connectivity index is 0.000000321. The van der Waals surface area contributed by atoms with E-state index in [9.17, 15) is 9.59 Å². The Bertz CT molecular complexity index is 361. The summed E-state index contributed by atoms with van der Waals surface area (Å²) in [5.74, 6) is -2.85. The molecule has 0 amide bonds. The van der Waals surface area contributed by atoms with Gasteiger partial charge in [0.25, 0.3) is 0 Å². The maximum absolute atomic E-state index is 9.72. The van der Waals surface area contributed by atoms with Crippen LogP contribution in [0.1, 0.15) is 25.3 Å². The highest BCUT2D eigenvalue weighted by Gasteiger charge is 2.16. The molecule has 1 aromatic carbocycles. The van der Waals surface area contributed by atoms with E-state index >= 15 is 0 Å². The van der Waals surface area contributed by atoms with E-state index in [1.54, 1.807) is 0 Å². The van der Waals surface area contributed by atoms with E-state index in [0.29, 0.717) is 0 Å². The molecule has 0 heterocycles. The highest BCUT2D eigenvalue weighted by molar-refractivity contribution is 5.79. The van der Waals surface area contributed by atoms with Crippen molar-refractivity contribution >= 4 is 11.9 Å². The zero-order valence-corrected chi connectivity index (χ0v) is 10.2. The van der Waals surface area contributed by atoms with Gasteiger partial charge in [0.1, 0.15) is 0 Å². The van der Waals surface area contributed by atoms with Gasteiger partial charge in [-0.3, -0.25) is 4.79 Å². The van der Waals surface area contributed by atoms with Crippen molar-refractivity contribution in [3.05, 3.63) is 35.9 Å². The average Bonchev–Trinajstić information content (AvgIpc) is 2.30. The molecular weight excluding hydrogens is 236 g/mol. The van der Waals surface area contributed by atoms with Gasteiger partial charge in [-0.2, -0.15) is 0 Å². The normalized spacial score (nSPS) is 11.0. The molecule has 1 unspecified atom stereocenters. The molecule has 0 radical (unpaired) electrons. The molecule has 0 spiro atoms. The van der Waals surface area contributed by atoms with Crippen LogP contribution in [0, 0.1) is 0 Å². The highest BCUT2D eigenvalue weighted by Crippen LogP contribution is 2.00. The van der Waals surface area contributed by atoms with E-state index in [1.807, 2.05) is 0 Å². The molecule has 0 aromatic heterocycles. The predicted molar refractivity (Wildman–Crippen MR) is 66.3 cm³/mol. The number of aliphatic hydroxyl groups is 1. The zero-order chi connectivity index (χ0) is 14.0. The molecule has 1 rings (SSSR count). The lowest BCUT2D eigenvalue weighted by Gasteiger charge is -1.97. The number of hydrogen-bond acceptors (Lipinski definition) is 3. The third-order valence-corrected chi connectivity index (χ3v) is 2.03. The Labute approximate surface area is 106 Å². The fourth-order valence-corrected chi connectivity index (χ4v) is 1.19. The molecule has 100 valence electrons. The van der Waals surface area contributed by atoms with Crippen LogP contribution in [0.5, 0.6) is 0 Å². The van der Waals surface area contributed by atoms with Gasteiger partial charge in [-0.05, 0) is 12.0 Å².